The van der Waals surface area contributed by atoms with Crippen molar-refractivity contribution in [1.82, 2.24) is 10.6 Å². The van der Waals surface area contributed by atoms with E-state index in [0.717, 1.165) is 24.3 Å². The van der Waals surface area contributed by atoms with E-state index in [9.17, 15) is 9.59 Å². The Kier molecular flexibility index (Phi) is 6.40. The molecule has 0 saturated carbocycles. The topological polar surface area (TPSA) is 96.2 Å². The Bertz CT molecular complexity index is 524. The highest BCUT2D eigenvalue weighted by atomic mass is 16.2. The number of benzene rings is 1. The minimum Gasteiger partial charge on any atom is -0.352 e. The molecule has 6 nitrogen and oxygen atoms in total. The van der Waals surface area contributed by atoms with Crippen molar-refractivity contribution in [3.63, 3.8) is 0 Å². The van der Waals surface area contributed by atoms with Gasteiger partial charge in [-0.25, -0.2) is 4.79 Å². The van der Waals surface area contributed by atoms with Crippen LogP contribution >= 0.6 is 0 Å². The lowest BCUT2D eigenvalue weighted by Gasteiger charge is -2.28. The molecule has 0 radical (unpaired) electrons. The van der Waals surface area contributed by atoms with Crippen LogP contribution in [0.1, 0.15) is 31.7 Å². The van der Waals surface area contributed by atoms with Crippen molar-refractivity contribution in [2.45, 2.75) is 32.7 Å². The van der Waals surface area contributed by atoms with Crippen molar-refractivity contribution < 1.29 is 9.59 Å². The summed E-state index contributed by atoms with van der Waals surface area (Å²) >= 11 is 0. The van der Waals surface area contributed by atoms with Crippen LogP contribution in [-0.2, 0) is 11.3 Å². The number of carbonyl (C=O) groups excluding carboxylic acids is 2. The Balaban J connectivity index is 1.79. The van der Waals surface area contributed by atoms with Crippen molar-refractivity contribution in [3.8, 4) is 0 Å². The zero-order chi connectivity index (χ0) is 16.7. The average molecular weight is 318 g/mol. The maximum absolute atomic E-state index is 12.2. The second kappa shape index (κ2) is 8.53. The van der Waals surface area contributed by atoms with E-state index >= 15 is 0 Å². The smallest absolute Gasteiger partial charge is 0.312 e. The standard InChI is InChI=1S/C17H26N4O2/c1-12(14-3-2-8-19-11-14)9-16(22)21-15-6-4-13(5-7-15)10-20-17(18)23/h4-7,12,14,19H,2-3,8-11H2,1H3,(H,21,22)(H3,18,20,23). The summed E-state index contributed by atoms with van der Waals surface area (Å²) in [4.78, 5) is 22.8. The minimum atomic E-state index is -0.548. The fourth-order valence-corrected chi connectivity index (χ4v) is 2.93. The molecule has 1 aromatic carbocycles. The van der Waals surface area contributed by atoms with Gasteiger partial charge in [0.1, 0.15) is 0 Å². The summed E-state index contributed by atoms with van der Waals surface area (Å²) in [5.41, 5.74) is 6.74. The number of anilines is 1. The van der Waals surface area contributed by atoms with Gasteiger partial charge in [0.15, 0.2) is 0 Å². The molecule has 0 spiro atoms. The van der Waals surface area contributed by atoms with Crippen LogP contribution in [-0.4, -0.2) is 25.0 Å². The second-order valence-corrected chi connectivity index (χ2v) is 6.25. The molecule has 5 N–H and O–H groups in total. The molecule has 0 aliphatic carbocycles. The summed E-state index contributed by atoms with van der Waals surface area (Å²) < 4.78 is 0. The van der Waals surface area contributed by atoms with Crippen molar-refractivity contribution >= 4 is 17.6 Å². The Morgan fingerprint density at radius 3 is 2.70 bits per heavy atom. The molecular formula is C17H26N4O2. The molecule has 2 atom stereocenters. The molecule has 126 valence electrons. The number of rotatable bonds is 6. The predicted octanol–water partition coefficient (Wildman–Crippen LogP) is 1.82. The quantitative estimate of drug-likeness (QED) is 0.644. The third kappa shape index (κ3) is 5.90. The first-order chi connectivity index (χ1) is 11.0. The van der Waals surface area contributed by atoms with E-state index in [-0.39, 0.29) is 5.91 Å². The van der Waals surface area contributed by atoms with Gasteiger partial charge in [0.05, 0.1) is 0 Å². The predicted molar refractivity (Wildman–Crippen MR) is 90.9 cm³/mol. The molecule has 3 amide bonds. The van der Waals surface area contributed by atoms with Crippen LogP contribution in [0, 0.1) is 11.8 Å². The first-order valence-electron chi connectivity index (χ1n) is 8.17. The Morgan fingerprint density at radius 1 is 1.35 bits per heavy atom. The fourth-order valence-electron chi connectivity index (χ4n) is 2.93. The third-order valence-corrected chi connectivity index (χ3v) is 4.35. The van der Waals surface area contributed by atoms with E-state index in [2.05, 4.69) is 22.9 Å². The lowest BCUT2D eigenvalue weighted by Crippen LogP contribution is -2.34. The average Bonchev–Trinajstić information content (AvgIpc) is 2.55. The first-order valence-corrected chi connectivity index (χ1v) is 8.17. The van der Waals surface area contributed by atoms with Gasteiger partial charge in [-0.15, -0.1) is 0 Å². The van der Waals surface area contributed by atoms with Crippen LogP contribution in [0.3, 0.4) is 0 Å². The summed E-state index contributed by atoms with van der Waals surface area (Å²) in [6.07, 6.45) is 2.93. The van der Waals surface area contributed by atoms with E-state index in [0.29, 0.717) is 24.8 Å². The number of hydrogen-bond donors (Lipinski definition) is 4. The van der Waals surface area contributed by atoms with Crippen LogP contribution < -0.4 is 21.7 Å². The number of nitrogens with two attached hydrogens (primary N) is 1. The van der Waals surface area contributed by atoms with Gasteiger partial charge in [0.25, 0.3) is 0 Å². The van der Waals surface area contributed by atoms with E-state index < -0.39 is 6.03 Å². The molecule has 2 rings (SSSR count). The number of nitrogens with one attached hydrogen (secondary N) is 3. The van der Waals surface area contributed by atoms with Gasteiger partial charge in [0.2, 0.25) is 5.91 Å². The van der Waals surface area contributed by atoms with Gasteiger partial charge in [-0.05, 0) is 55.5 Å². The number of amides is 3. The normalized spacial score (nSPS) is 18.9. The Morgan fingerprint density at radius 2 is 2.09 bits per heavy atom. The van der Waals surface area contributed by atoms with Crippen molar-refractivity contribution in [2.75, 3.05) is 18.4 Å². The van der Waals surface area contributed by atoms with Crippen LogP contribution in [0.4, 0.5) is 10.5 Å². The molecule has 1 aliphatic rings. The summed E-state index contributed by atoms with van der Waals surface area (Å²) in [5, 5.41) is 8.86. The molecule has 0 aromatic heterocycles. The van der Waals surface area contributed by atoms with Crippen LogP contribution in [0.5, 0.6) is 0 Å². The minimum absolute atomic E-state index is 0.0473. The van der Waals surface area contributed by atoms with E-state index in [1.165, 1.54) is 12.8 Å². The monoisotopic (exact) mass is 318 g/mol. The van der Waals surface area contributed by atoms with Gasteiger partial charge in [-0.1, -0.05) is 19.1 Å². The molecule has 1 fully saturated rings. The summed E-state index contributed by atoms with van der Waals surface area (Å²) in [6.45, 7) is 4.63. The third-order valence-electron chi connectivity index (χ3n) is 4.35. The summed E-state index contributed by atoms with van der Waals surface area (Å²) in [5.74, 6) is 1.00. The fraction of sp³-hybridized carbons (Fsp3) is 0.529. The maximum atomic E-state index is 12.2. The molecule has 23 heavy (non-hydrogen) atoms. The molecule has 1 saturated heterocycles. The van der Waals surface area contributed by atoms with Crippen LogP contribution in [0.2, 0.25) is 0 Å². The molecule has 2 unspecified atom stereocenters. The van der Waals surface area contributed by atoms with Crippen LogP contribution in [0.25, 0.3) is 0 Å². The zero-order valence-corrected chi connectivity index (χ0v) is 13.6. The van der Waals surface area contributed by atoms with Crippen LogP contribution in [0.15, 0.2) is 24.3 Å². The SMILES string of the molecule is CC(CC(=O)Nc1ccc(CNC(N)=O)cc1)C1CCCNC1. The second-order valence-electron chi connectivity index (χ2n) is 6.25. The van der Waals surface area contributed by atoms with E-state index in [4.69, 9.17) is 5.73 Å². The number of hydrogen-bond acceptors (Lipinski definition) is 3. The van der Waals surface area contributed by atoms with Gasteiger partial charge in [0, 0.05) is 18.7 Å². The molecule has 1 aromatic rings. The Hall–Kier alpha value is -2.08. The van der Waals surface area contributed by atoms with Gasteiger partial charge < -0.3 is 21.7 Å². The Labute approximate surface area is 137 Å². The van der Waals surface area contributed by atoms with Gasteiger partial charge >= 0.3 is 6.03 Å². The van der Waals surface area contributed by atoms with E-state index in [1.807, 2.05) is 24.3 Å². The number of urea groups is 1. The van der Waals surface area contributed by atoms with Gasteiger partial charge in [-0.3, -0.25) is 4.79 Å². The summed E-state index contributed by atoms with van der Waals surface area (Å²) in [7, 11) is 0. The zero-order valence-electron chi connectivity index (χ0n) is 13.6. The molecule has 1 aliphatic heterocycles. The number of carbonyl (C=O) groups is 2. The lowest BCUT2D eigenvalue weighted by molar-refractivity contribution is -0.117. The highest BCUT2D eigenvalue weighted by Gasteiger charge is 2.21. The first kappa shape index (κ1) is 17.3. The van der Waals surface area contributed by atoms with Crippen molar-refractivity contribution in [3.05, 3.63) is 29.8 Å². The highest BCUT2D eigenvalue weighted by molar-refractivity contribution is 5.90. The molecule has 1 heterocycles. The maximum Gasteiger partial charge on any atom is 0.312 e. The van der Waals surface area contributed by atoms with Crippen molar-refractivity contribution in [2.24, 2.45) is 17.6 Å². The number of piperidine rings is 1. The number of primary amides is 1. The molecule has 6 heteroatoms. The lowest BCUT2D eigenvalue weighted by atomic mass is 9.85. The summed E-state index contributed by atoms with van der Waals surface area (Å²) in [6, 6.07) is 6.85. The van der Waals surface area contributed by atoms with Gasteiger partial charge in [-0.2, -0.15) is 0 Å². The molecule has 0 bridgehead atoms. The highest BCUT2D eigenvalue weighted by Crippen LogP contribution is 2.23. The van der Waals surface area contributed by atoms with Crippen molar-refractivity contribution in [1.29, 1.82) is 0 Å². The largest absolute Gasteiger partial charge is 0.352 e. The molecular weight excluding hydrogens is 292 g/mol. The van der Waals surface area contributed by atoms with E-state index in [1.54, 1.807) is 0 Å².